The summed E-state index contributed by atoms with van der Waals surface area (Å²) in [6.45, 7) is 8.33. The molecule has 88 valence electrons. The maximum absolute atomic E-state index is 5.79. The van der Waals surface area contributed by atoms with Gasteiger partial charge in [0.05, 0.1) is 0 Å². The van der Waals surface area contributed by atoms with E-state index in [2.05, 4.69) is 29.8 Å². The number of aromatic nitrogens is 1. The second-order valence-corrected chi connectivity index (χ2v) is 5.23. The van der Waals surface area contributed by atoms with E-state index >= 15 is 0 Å². The molecule has 0 saturated carbocycles. The average molecular weight is 219 g/mol. The summed E-state index contributed by atoms with van der Waals surface area (Å²) >= 11 is 0. The summed E-state index contributed by atoms with van der Waals surface area (Å²) in [4.78, 5) is 6.80. The lowest BCUT2D eigenvalue weighted by molar-refractivity contribution is 0.516. The van der Waals surface area contributed by atoms with E-state index in [0.29, 0.717) is 6.54 Å². The Hall–Kier alpha value is -1.09. The Morgan fingerprint density at radius 2 is 2.25 bits per heavy atom. The highest BCUT2D eigenvalue weighted by Crippen LogP contribution is 2.35. The number of hydrogen-bond acceptors (Lipinski definition) is 3. The molecular weight excluding hydrogens is 198 g/mol. The van der Waals surface area contributed by atoms with Crippen molar-refractivity contribution in [3.05, 3.63) is 23.5 Å². The molecule has 1 fully saturated rings. The molecule has 3 nitrogen and oxygen atoms in total. The SMILES string of the molecule is Cc1cc(N2CCCC2(C)C)c(CN)cn1. The van der Waals surface area contributed by atoms with Crippen LogP contribution in [-0.4, -0.2) is 17.1 Å². The molecule has 2 N–H and O–H groups in total. The van der Waals surface area contributed by atoms with Gasteiger partial charge in [0, 0.05) is 41.8 Å². The first-order valence-electron chi connectivity index (χ1n) is 5.98. The Balaban J connectivity index is 2.42. The summed E-state index contributed by atoms with van der Waals surface area (Å²) in [5.74, 6) is 0. The van der Waals surface area contributed by atoms with Gasteiger partial charge < -0.3 is 10.6 Å². The van der Waals surface area contributed by atoms with Crippen LogP contribution >= 0.6 is 0 Å². The lowest BCUT2D eigenvalue weighted by Crippen LogP contribution is -2.39. The number of rotatable bonds is 2. The summed E-state index contributed by atoms with van der Waals surface area (Å²) in [6, 6.07) is 2.16. The lowest BCUT2D eigenvalue weighted by Gasteiger charge is -2.35. The molecule has 0 unspecified atom stereocenters. The Morgan fingerprint density at radius 1 is 1.50 bits per heavy atom. The van der Waals surface area contributed by atoms with Gasteiger partial charge in [0.1, 0.15) is 0 Å². The second kappa shape index (κ2) is 4.06. The van der Waals surface area contributed by atoms with Crippen LogP contribution < -0.4 is 10.6 Å². The molecule has 2 heterocycles. The minimum atomic E-state index is 0.248. The largest absolute Gasteiger partial charge is 0.366 e. The van der Waals surface area contributed by atoms with E-state index in [1.807, 2.05) is 13.1 Å². The highest BCUT2D eigenvalue weighted by atomic mass is 15.2. The van der Waals surface area contributed by atoms with Crippen LogP contribution in [0.25, 0.3) is 0 Å². The summed E-state index contributed by atoms with van der Waals surface area (Å²) in [5.41, 5.74) is 9.53. The van der Waals surface area contributed by atoms with E-state index < -0.39 is 0 Å². The van der Waals surface area contributed by atoms with Crippen molar-refractivity contribution in [1.29, 1.82) is 0 Å². The van der Waals surface area contributed by atoms with Crippen molar-refractivity contribution in [2.75, 3.05) is 11.4 Å². The van der Waals surface area contributed by atoms with Crippen LogP contribution in [0.15, 0.2) is 12.3 Å². The van der Waals surface area contributed by atoms with Crippen LogP contribution in [0, 0.1) is 6.92 Å². The van der Waals surface area contributed by atoms with Crippen molar-refractivity contribution in [3.63, 3.8) is 0 Å². The monoisotopic (exact) mass is 219 g/mol. The van der Waals surface area contributed by atoms with Gasteiger partial charge in [-0.1, -0.05) is 0 Å². The van der Waals surface area contributed by atoms with E-state index in [4.69, 9.17) is 5.73 Å². The first-order chi connectivity index (χ1) is 7.54. The minimum Gasteiger partial charge on any atom is -0.366 e. The molecule has 0 bridgehead atoms. The molecule has 2 rings (SSSR count). The van der Waals surface area contributed by atoms with E-state index in [0.717, 1.165) is 17.8 Å². The van der Waals surface area contributed by atoms with E-state index in [-0.39, 0.29) is 5.54 Å². The molecular formula is C13H21N3. The molecule has 0 atom stereocenters. The van der Waals surface area contributed by atoms with Gasteiger partial charge in [0.25, 0.3) is 0 Å². The van der Waals surface area contributed by atoms with Crippen LogP contribution in [0.2, 0.25) is 0 Å². The molecule has 1 saturated heterocycles. The van der Waals surface area contributed by atoms with Crippen molar-refractivity contribution >= 4 is 5.69 Å². The first-order valence-corrected chi connectivity index (χ1v) is 5.98. The number of hydrogen-bond donors (Lipinski definition) is 1. The fourth-order valence-electron chi connectivity index (χ4n) is 2.54. The molecule has 1 aliphatic heterocycles. The smallest absolute Gasteiger partial charge is 0.0449 e. The quantitative estimate of drug-likeness (QED) is 0.829. The number of nitrogens with two attached hydrogens (primary N) is 1. The molecule has 0 amide bonds. The minimum absolute atomic E-state index is 0.248. The Morgan fingerprint density at radius 3 is 2.81 bits per heavy atom. The van der Waals surface area contributed by atoms with Crippen LogP contribution in [0.3, 0.4) is 0 Å². The van der Waals surface area contributed by atoms with Crippen molar-refractivity contribution in [2.24, 2.45) is 5.73 Å². The van der Waals surface area contributed by atoms with Gasteiger partial charge in [-0.3, -0.25) is 4.98 Å². The van der Waals surface area contributed by atoms with Gasteiger partial charge in [-0.25, -0.2) is 0 Å². The fourth-order valence-corrected chi connectivity index (χ4v) is 2.54. The summed E-state index contributed by atoms with van der Waals surface area (Å²) in [6.07, 6.45) is 4.43. The molecule has 1 aliphatic rings. The molecule has 0 spiro atoms. The van der Waals surface area contributed by atoms with Crippen LogP contribution in [0.5, 0.6) is 0 Å². The third-order valence-corrected chi connectivity index (χ3v) is 3.51. The van der Waals surface area contributed by atoms with Crippen molar-refractivity contribution < 1.29 is 0 Å². The number of anilines is 1. The predicted octanol–water partition coefficient (Wildman–Crippen LogP) is 2.23. The standard InChI is InChI=1S/C13H21N3/c1-10-7-12(11(8-14)9-15-10)16-6-4-5-13(16,2)3/h7,9H,4-6,8,14H2,1-3H3. The maximum atomic E-state index is 5.79. The maximum Gasteiger partial charge on any atom is 0.0449 e. The summed E-state index contributed by atoms with van der Waals surface area (Å²) in [7, 11) is 0. The lowest BCUT2D eigenvalue weighted by atomic mass is 10.0. The van der Waals surface area contributed by atoms with Gasteiger partial charge in [0.15, 0.2) is 0 Å². The number of aryl methyl sites for hydroxylation is 1. The molecule has 0 aromatic carbocycles. The van der Waals surface area contributed by atoms with Gasteiger partial charge in [-0.15, -0.1) is 0 Å². The van der Waals surface area contributed by atoms with Crippen LogP contribution in [0.1, 0.15) is 37.9 Å². The third kappa shape index (κ3) is 1.92. The van der Waals surface area contributed by atoms with Gasteiger partial charge in [-0.2, -0.15) is 0 Å². The molecule has 3 heteroatoms. The summed E-state index contributed by atoms with van der Waals surface area (Å²) in [5, 5.41) is 0. The van der Waals surface area contributed by atoms with Crippen molar-refractivity contribution in [1.82, 2.24) is 4.98 Å². The normalized spacial score (nSPS) is 19.1. The number of pyridine rings is 1. The zero-order valence-electron chi connectivity index (χ0n) is 10.5. The molecule has 1 aromatic rings. The second-order valence-electron chi connectivity index (χ2n) is 5.23. The average Bonchev–Trinajstić information content (AvgIpc) is 2.58. The zero-order chi connectivity index (χ0) is 11.8. The first kappa shape index (κ1) is 11.4. The highest BCUT2D eigenvalue weighted by Gasteiger charge is 2.32. The summed E-state index contributed by atoms with van der Waals surface area (Å²) < 4.78 is 0. The predicted molar refractivity (Wildman–Crippen MR) is 67.5 cm³/mol. The Labute approximate surface area is 97.7 Å². The van der Waals surface area contributed by atoms with Gasteiger partial charge in [0.2, 0.25) is 0 Å². The zero-order valence-corrected chi connectivity index (χ0v) is 10.5. The van der Waals surface area contributed by atoms with Gasteiger partial charge >= 0.3 is 0 Å². The van der Waals surface area contributed by atoms with E-state index in [9.17, 15) is 0 Å². The van der Waals surface area contributed by atoms with Crippen LogP contribution in [-0.2, 0) is 6.54 Å². The highest BCUT2D eigenvalue weighted by molar-refractivity contribution is 5.56. The Kier molecular flexibility index (Phi) is 2.89. The molecule has 16 heavy (non-hydrogen) atoms. The van der Waals surface area contributed by atoms with Crippen molar-refractivity contribution in [2.45, 2.75) is 45.7 Å². The van der Waals surface area contributed by atoms with E-state index in [1.54, 1.807) is 0 Å². The third-order valence-electron chi connectivity index (χ3n) is 3.51. The molecule has 1 aromatic heterocycles. The topological polar surface area (TPSA) is 42.1 Å². The number of nitrogens with zero attached hydrogens (tertiary/aromatic N) is 2. The van der Waals surface area contributed by atoms with Crippen LogP contribution in [0.4, 0.5) is 5.69 Å². The molecule has 0 aliphatic carbocycles. The van der Waals surface area contributed by atoms with E-state index in [1.165, 1.54) is 18.5 Å². The van der Waals surface area contributed by atoms with Gasteiger partial charge in [-0.05, 0) is 39.7 Å². The molecule has 0 radical (unpaired) electrons. The van der Waals surface area contributed by atoms with Crippen molar-refractivity contribution in [3.8, 4) is 0 Å². The Bertz CT molecular complexity index is 385. The fraction of sp³-hybridized carbons (Fsp3) is 0.615.